The summed E-state index contributed by atoms with van der Waals surface area (Å²) in [5, 5.41) is 0. The summed E-state index contributed by atoms with van der Waals surface area (Å²) >= 11 is 0. The molecular formula is C22H16O2. The summed E-state index contributed by atoms with van der Waals surface area (Å²) in [5.41, 5.74) is 2.47. The Morgan fingerprint density at radius 1 is 0.625 bits per heavy atom. The predicted molar refractivity (Wildman–Crippen MR) is 94.2 cm³/mol. The topological polar surface area (TPSA) is 26.3 Å². The van der Waals surface area contributed by atoms with Crippen LogP contribution in [0.5, 0.6) is 0 Å². The van der Waals surface area contributed by atoms with Crippen molar-refractivity contribution < 1.29 is 9.53 Å². The van der Waals surface area contributed by atoms with Gasteiger partial charge in [0.2, 0.25) is 0 Å². The molecule has 0 spiro atoms. The standard InChI is InChI=1S/C22H16O2/c23-21-20(17-10-4-1-5-11-17)16-22(24-21,18-12-6-2-7-13-18)19-14-8-3-9-15-19/h1-16H. The monoisotopic (exact) mass is 312 g/mol. The zero-order valence-electron chi connectivity index (χ0n) is 13.1. The molecule has 0 N–H and O–H groups in total. The van der Waals surface area contributed by atoms with Crippen LogP contribution in [0.2, 0.25) is 0 Å². The lowest BCUT2D eigenvalue weighted by atomic mass is 9.85. The van der Waals surface area contributed by atoms with Crippen molar-refractivity contribution in [3.05, 3.63) is 114 Å². The van der Waals surface area contributed by atoms with Gasteiger partial charge in [-0.3, -0.25) is 0 Å². The van der Waals surface area contributed by atoms with Crippen LogP contribution in [0.4, 0.5) is 0 Å². The second-order valence-electron chi connectivity index (χ2n) is 5.78. The summed E-state index contributed by atoms with van der Waals surface area (Å²) in [4.78, 5) is 12.6. The van der Waals surface area contributed by atoms with E-state index in [2.05, 4.69) is 0 Å². The Bertz CT molecular complexity index is 842. The molecule has 0 unspecified atom stereocenters. The van der Waals surface area contributed by atoms with E-state index in [0.29, 0.717) is 5.57 Å². The quantitative estimate of drug-likeness (QED) is 0.662. The van der Waals surface area contributed by atoms with Gasteiger partial charge in [-0.1, -0.05) is 91.0 Å². The molecule has 1 heterocycles. The fourth-order valence-electron chi connectivity index (χ4n) is 3.13. The molecule has 0 atom stereocenters. The maximum Gasteiger partial charge on any atom is 0.340 e. The molecule has 4 rings (SSSR count). The summed E-state index contributed by atoms with van der Waals surface area (Å²) in [5.74, 6) is -0.297. The van der Waals surface area contributed by atoms with Gasteiger partial charge < -0.3 is 4.74 Å². The molecule has 2 heteroatoms. The lowest BCUT2D eigenvalue weighted by Crippen LogP contribution is -2.26. The minimum absolute atomic E-state index is 0.297. The van der Waals surface area contributed by atoms with Crippen molar-refractivity contribution in [3.8, 4) is 0 Å². The molecule has 1 aliphatic rings. The molecule has 116 valence electrons. The number of cyclic esters (lactones) is 1. The highest BCUT2D eigenvalue weighted by atomic mass is 16.6. The zero-order chi connectivity index (χ0) is 16.4. The number of hydrogen-bond donors (Lipinski definition) is 0. The molecule has 0 bridgehead atoms. The van der Waals surface area contributed by atoms with E-state index >= 15 is 0 Å². The molecule has 1 aliphatic heterocycles. The van der Waals surface area contributed by atoms with Gasteiger partial charge in [0, 0.05) is 11.1 Å². The first-order valence-electron chi connectivity index (χ1n) is 7.92. The van der Waals surface area contributed by atoms with E-state index in [9.17, 15) is 4.79 Å². The van der Waals surface area contributed by atoms with E-state index in [4.69, 9.17) is 4.74 Å². The first-order chi connectivity index (χ1) is 11.8. The van der Waals surface area contributed by atoms with E-state index < -0.39 is 5.60 Å². The molecular weight excluding hydrogens is 296 g/mol. The third-order valence-electron chi connectivity index (χ3n) is 4.31. The minimum Gasteiger partial charge on any atom is -0.441 e. The average molecular weight is 312 g/mol. The lowest BCUT2D eigenvalue weighted by molar-refractivity contribution is -0.142. The fraction of sp³-hybridized carbons (Fsp3) is 0.0455. The molecule has 0 saturated heterocycles. The maximum atomic E-state index is 12.6. The van der Waals surface area contributed by atoms with Crippen LogP contribution in [0.15, 0.2) is 97.1 Å². The maximum absolute atomic E-state index is 12.6. The van der Waals surface area contributed by atoms with Crippen molar-refractivity contribution in [1.82, 2.24) is 0 Å². The van der Waals surface area contributed by atoms with E-state index in [1.807, 2.05) is 97.1 Å². The molecule has 0 aliphatic carbocycles. The number of rotatable bonds is 3. The molecule has 0 fully saturated rings. The highest BCUT2D eigenvalue weighted by Gasteiger charge is 2.43. The number of benzene rings is 3. The van der Waals surface area contributed by atoms with Gasteiger partial charge in [-0.25, -0.2) is 4.79 Å². The summed E-state index contributed by atoms with van der Waals surface area (Å²) in [6.07, 6.45) is 1.94. The number of esters is 1. The van der Waals surface area contributed by atoms with Crippen LogP contribution in [0.3, 0.4) is 0 Å². The Hall–Kier alpha value is -3.13. The average Bonchev–Trinajstić information content (AvgIpc) is 3.03. The van der Waals surface area contributed by atoms with Gasteiger partial charge in [0.05, 0.1) is 5.57 Å². The first kappa shape index (κ1) is 14.5. The van der Waals surface area contributed by atoms with E-state index in [1.165, 1.54) is 0 Å². The molecule has 3 aromatic rings. The molecule has 24 heavy (non-hydrogen) atoms. The predicted octanol–water partition coefficient (Wildman–Crippen LogP) is 4.57. The van der Waals surface area contributed by atoms with Gasteiger partial charge >= 0.3 is 5.97 Å². The second kappa shape index (κ2) is 5.82. The third-order valence-corrected chi connectivity index (χ3v) is 4.31. The summed E-state index contributed by atoms with van der Waals surface area (Å²) < 4.78 is 5.96. The molecule has 3 aromatic carbocycles. The Balaban J connectivity index is 1.93. The van der Waals surface area contributed by atoms with Gasteiger partial charge in [-0.15, -0.1) is 0 Å². The fourth-order valence-corrected chi connectivity index (χ4v) is 3.13. The Morgan fingerprint density at radius 2 is 1.08 bits per heavy atom. The molecule has 0 amide bonds. The molecule has 0 aromatic heterocycles. The summed E-state index contributed by atoms with van der Waals surface area (Å²) in [6, 6.07) is 29.4. The number of carbonyl (C=O) groups excluding carboxylic acids is 1. The minimum atomic E-state index is -0.884. The smallest absolute Gasteiger partial charge is 0.340 e. The van der Waals surface area contributed by atoms with Gasteiger partial charge in [0.1, 0.15) is 0 Å². The van der Waals surface area contributed by atoms with Crippen molar-refractivity contribution >= 4 is 11.5 Å². The van der Waals surface area contributed by atoms with E-state index in [0.717, 1.165) is 16.7 Å². The van der Waals surface area contributed by atoms with Crippen LogP contribution >= 0.6 is 0 Å². The van der Waals surface area contributed by atoms with Gasteiger partial charge in [-0.05, 0) is 11.6 Å². The van der Waals surface area contributed by atoms with Crippen molar-refractivity contribution in [2.24, 2.45) is 0 Å². The third kappa shape index (κ3) is 2.33. The Labute approximate surface area is 141 Å². The number of carbonyl (C=O) groups is 1. The van der Waals surface area contributed by atoms with E-state index in [1.54, 1.807) is 0 Å². The van der Waals surface area contributed by atoms with Crippen LogP contribution in [-0.2, 0) is 15.1 Å². The van der Waals surface area contributed by atoms with Crippen LogP contribution in [-0.4, -0.2) is 5.97 Å². The Kier molecular flexibility index (Phi) is 3.51. The number of hydrogen-bond acceptors (Lipinski definition) is 2. The first-order valence-corrected chi connectivity index (χ1v) is 7.92. The molecule has 2 nitrogen and oxygen atoms in total. The van der Waals surface area contributed by atoms with Crippen molar-refractivity contribution in [1.29, 1.82) is 0 Å². The normalized spacial score (nSPS) is 15.7. The highest BCUT2D eigenvalue weighted by molar-refractivity contribution is 6.19. The van der Waals surface area contributed by atoms with Gasteiger partial charge in [0.25, 0.3) is 0 Å². The van der Waals surface area contributed by atoms with E-state index in [-0.39, 0.29) is 5.97 Å². The summed E-state index contributed by atoms with van der Waals surface area (Å²) in [7, 11) is 0. The van der Waals surface area contributed by atoms with Crippen molar-refractivity contribution in [3.63, 3.8) is 0 Å². The SMILES string of the molecule is O=C1OC(c2ccccc2)(c2ccccc2)C=C1c1ccccc1. The number of ether oxygens (including phenoxy) is 1. The van der Waals surface area contributed by atoms with Crippen LogP contribution in [0.25, 0.3) is 5.57 Å². The highest BCUT2D eigenvalue weighted by Crippen LogP contribution is 2.43. The van der Waals surface area contributed by atoms with Crippen LogP contribution in [0, 0.1) is 0 Å². The van der Waals surface area contributed by atoms with Crippen LogP contribution in [0.1, 0.15) is 16.7 Å². The molecule has 0 radical (unpaired) electrons. The van der Waals surface area contributed by atoms with Crippen LogP contribution < -0.4 is 0 Å². The largest absolute Gasteiger partial charge is 0.441 e. The lowest BCUT2D eigenvalue weighted by Gasteiger charge is -2.27. The summed E-state index contributed by atoms with van der Waals surface area (Å²) in [6.45, 7) is 0. The van der Waals surface area contributed by atoms with Gasteiger partial charge in [0.15, 0.2) is 5.60 Å². The zero-order valence-corrected chi connectivity index (χ0v) is 13.1. The van der Waals surface area contributed by atoms with Gasteiger partial charge in [-0.2, -0.15) is 0 Å². The molecule has 0 saturated carbocycles. The van der Waals surface area contributed by atoms with Crippen molar-refractivity contribution in [2.75, 3.05) is 0 Å². The Morgan fingerprint density at radius 3 is 1.58 bits per heavy atom. The second-order valence-corrected chi connectivity index (χ2v) is 5.78. The van der Waals surface area contributed by atoms with Crippen molar-refractivity contribution in [2.45, 2.75) is 5.60 Å².